The van der Waals surface area contributed by atoms with E-state index in [1.165, 1.54) is 7.11 Å². The SMILES string of the molecule is COC(=O)C1C(C)[C@@H](NC(=O)c2ccccc2)C(=O)N2CCC1(c1ccc(Cl)cc1)CC2. The van der Waals surface area contributed by atoms with E-state index in [1.807, 2.05) is 37.3 Å². The first kappa shape index (κ1) is 22.3. The fourth-order valence-electron chi connectivity index (χ4n) is 5.38. The van der Waals surface area contributed by atoms with Crippen LogP contribution < -0.4 is 5.32 Å². The van der Waals surface area contributed by atoms with Crippen molar-refractivity contribution >= 4 is 29.4 Å². The molecular formula is C25H27ClN2O4. The number of piperidine rings is 1. The van der Waals surface area contributed by atoms with Crippen molar-refractivity contribution in [2.24, 2.45) is 11.8 Å². The molecule has 2 unspecified atom stereocenters. The van der Waals surface area contributed by atoms with Crippen LogP contribution in [0.5, 0.6) is 0 Å². The smallest absolute Gasteiger partial charge is 0.309 e. The van der Waals surface area contributed by atoms with Crippen molar-refractivity contribution in [1.29, 1.82) is 0 Å². The van der Waals surface area contributed by atoms with Gasteiger partial charge in [0.1, 0.15) is 6.04 Å². The number of carbonyl (C=O) groups excluding carboxylic acids is 3. The molecule has 2 bridgehead atoms. The van der Waals surface area contributed by atoms with Gasteiger partial charge in [0.15, 0.2) is 0 Å². The Bertz CT molecular complexity index is 1000. The van der Waals surface area contributed by atoms with Gasteiger partial charge in [-0.1, -0.05) is 48.9 Å². The molecule has 2 aromatic rings. The zero-order valence-corrected chi connectivity index (χ0v) is 19.0. The molecule has 0 spiro atoms. The van der Waals surface area contributed by atoms with Gasteiger partial charge >= 0.3 is 5.97 Å². The molecular weight excluding hydrogens is 428 g/mol. The van der Waals surface area contributed by atoms with Crippen LogP contribution in [0.1, 0.15) is 35.7 Å². The number of esters is 1. The van der Waals surface area contributed by atoms with E-state index in [1.54, 1.807) is 29.2 Å². The lowest BCUT2D eigenvalue weighted by Crippen LogP contribution is -2.63. The highest BCUT2D eigenvalue weighted by Gasteiger charge is 2.55. The van der Waals surface area contributed by atoms with Gasteiger partial charge in [-0.25, -0.2) is 0 Å². The van der Waals surface area contributed by atoms with Gasteiger partial charge in [0.2, 0.25) is 5.91 Å². The maximum absolute atomic E-state index is 13.4. The summed E-state index contributed by atoms with van der Waals surface area (Å²) < 4.78 is 5.25. The van der Waals surface area contributed by atoms with Crippen LogP contribution in [0.15, 0.2) is 54.6 Å². The highest BCUT2D eigenvalue weighted by molar-refractivity contribution is 6.30. The molecule has 3 aliphatic heterocycles. The lowest BCUT2D eigenvalue weighted by atomic mass is 9.58. The van der Waals surface area contributed by atoms with Crippen molar-refractivity contribution in [2.75, 3.05) is 20.2 Å². The van der Waals surface area contributed by atoms with Crippen LogP contribution in [0, 0.1) is 11.8 Å². The van der Waals surface area contributed by atoms with Crippen molar-refractivity contribution in [2.45, 2.75) is 31.2 Å². The van der Waals surface area contributed by atoms with E-state index >= 15 is 0 Å². The number of ether oxygens (including phenoxy) is 1. The number of nitrogens with zero attached hydrogens (tertiary/aromatic N) is 1. The standard InChI is InChI=1S/C25H27ClN2O4/c1-16-20(24(31)32-2)25(18-8-10-19(26)11-9-18)12-14-28(15-13-25)23(30)21(16)27-22(29)17-6-4-3-5-7-17/h3-11,16,20-21H,12-15H2,1-2H3,(H,27,29)/t16?,20?,21-/m1/s1. The molecule has 2 amide bonds. The van der Waals surface area contributed by atoms with E-state index in [0.717, 1.165) is 5.56 Å². The second-order valence-corrected chi connectivity index (χ2v) is 9.10. The van der Waals surface area contributed by atoms with Gasteiger partial charge in [-0.05, 0) is 48.6 Å². The molecule has 0 aromatic heterocycles. The number of amides is 2. The summed E-state index contributed by atoms with van der Waals surface area (Å²) in [7, 11) is 1.37. The van der Waals surface area contributed by atoms with Crippen LogP contribution >= 0.6 is 11.6 Å². The highest BCUT2D eigenvalue weighted by Crippen LogP contribution is 2.48. The molecule has 0 aliphatic carbocycles. The van der Waals surface area contributed by atoms with Crippen molar-refractivity contribution in [3.05, 3.63) is 70.7 Å². The Morgan fingerprint density at radius 1 is 1.06 bits per heavy atom. The zero-order valence-electron chi connectivity index (χ0n) is 18.2. The largest absolute Gasteiger partial charge is 0.469 e. The Morgan fingerprint density at radius 3 is 2.28 bits per heavy atom. The first-order valence-electron chi connectivity index (χ1n) is 10.9. The predicted molar refractivity (Wildman–Crippen MR) is 121 cm³/mol. The minimum absolute atomic E-state index is 0.153. The molecule has 1 N–H and O–H groups in total. The first-order valence-corrected chi connectivity index (χ1v) is 11.2. The van der Waals surface area contributed by atoms with Gasteiger partial charge in [0, 0.05) is 29.1 Å². The molecule has 168 valence electrons. The highest BCUT2D eigenvalue weighted by atomic mass is 35.5. The second kappa shape index (κ2) is 8.94. The molecule has 5 rings (SSSR count). The lowest BCUT2D eigenvalue weighted by Gasteiger charge is -2.52. The average molecular weight is 455 g/mol. The van der Waals surface area contributed by atoms with E-state index in [4.69, 9.17) is 16.3 Å². The molecule has 3 fully saturated rings. The number of nitrogens with one attached hydrogen (secondary N) is 1. The molecule has 3 saturated heterocycles. The number of hydrogen-bond acceptors (Lipinski definition) is 4. The number of benzene rings is 2. The predicted octanol–water partition coefficient (Wildman–Crippen LogP) is 3.44. The Morgan fingerprint density at radius 2 is 1.69 bits per heavy atom. The molecule has 7 heteroatoms. The molecule has 3 atom stereocenters. The summed E-state index contributed by atoms with van der Waals surface area (Å²) in [6, 6.07) is 15.5. The minimum Gasteiger partial charge on any atom is -0.469 e. The summed E-state index contributed by atoms with van der Waals surface area (Å²) in [5.41, 5.74) is 0.965. The molecule has 6 nitrogen and oxygen atoms in total. The summed E-state index contributed by atoms with van der Waals surface area (Å²) in [6.45, 7) is 2.88. The fraction of sp³-hybridized carbons (Fsp3) is 0.400. The van der Waals surface area contributed by atoms with E-state index in [-0.39, 0.29) is 17.8 Å². The fourth-order valence-corrected chi connectivity index (χ4v) is 5.50. The van der Waals surface area contributed by atoms with Gasteiger partial charge in [0.05, 0.1) is 13.0 Å². The number of carbonyl (C=O) groups is 3. The quantitative estimate of drug-likeness (QED) is 0.718. The van der Waals surface area contributed by atoms with E-state index in [2.05, 4.69) is 5.32 Å². The van der Waals surface area contributed by atoms with Crippen molar-refractivity contribution in [3.63, 3.8) is 0 Å². The molecule has 3 aliphatic rings. The van der Waals surface area contributed by atoms with Crippen molar-refractivity contribution in [3.8, 4) is 0 Å². The van der Waals surface area contributed by atoms with Gasteiger partial charge in [-0.2, -0.15) is 0 Å². The van der Waals surface area contributed by atoms with Crippen LogP contribution in [-0.4, -0.2) is 48.9 Å². The van der Waals surface area contributed by atoms with Crippen LogP contribution in [0.3, 0.4) is 0 Å². The summed E-state index contributed by atoms with van der Waals surface area (Å²) in [6.07, 6.45) is 1.29. The number of fused-ring (bicyclic) bond motifs is 5. The number of hydrogen-bond donors (Lipinski definition) is 1. The van der Waals surface area contributed by atoms with Gasteiger partial charge in [-0.3, -0.25) is 14.4 Å². The summed E-state index contributed by atoms with van der Waals surface area (Å²) >= 11 is 6.13. The summed E-state index contributed by atoms with van der Waals surface area (Å²) in [5, 5.41) is 3.54. The third kappa shape index (κ3) is 3.88. The molecule has 32 heavy (non-hydrogen) atoms. The van der Waals surface area contributed by atoms with Crippen LogP contribution in [0.4, 0.5) is 0 Å². The molecule has 0 radical (unpaired) electrons. The van der Waals surface area contributed by atoms with Crippen LogP contribution in [-0.2, 0) is 19.7 Å². The Labute approximate surface area is 192 Å². The normalized spacial score (nSPS) is 27.4. The maximum atomic E-state index is 13.4. The average Bonchev–Trinajstić information content (AvgIpc) is 2.82. The molecule has 0 saturated carbocycles. The number of rotatable bonds is 4. The number of methoxy groups -OCH3 is 1. The van der Waals surface area contributed by atoms with E-state index in [0.29, 0.717) is 36.5 Å². The minimum atomic E-state index is -0.834. The third-order valence-electron chi connectivity index (χ3n) is 7.08. The lowest BCUT2D eigenvalue weighted by molar-refractivity contribution is -0.157. The van der Waals surface area contributed by atoms with Gasteiger partial charge in [0.25, 0.3) is 5.91 Å². The maximum Gasteiger partial charge on any atom is 0.309 e. The Hall–Kier alpha value is -2.86. The molecule has 2 aromatic carbocycles. The van der Waals surface area contributed by atoms with E-state index < -0.39 is 23.3 Å². The first-order chi connectivity index (χ1) is 15.4. The van der Waals surface area contributed by atoms with E-state index in [9.17, 15) is 14.4 Å². The molecule has 3 heterocycles. The van der Waals surface area contributed by atoms with Crippen LogP contribution in [0.2, 0.25) is 5.02 Å². The topological polar surface area (TPSA) is 75.7 Å². The Balaban J connectivity index is 1.76. The Kier molecular flexibility index (Phi) is 6.24. The second-order valence-electron chi connectivity index (χ2n) is 8.67. The van der Waals surface area contributed by atoms with Crippen molar-refractivity contribution in [1.82, 2.24) is 10.2 Å². The zero-order chi connectivity index (χ0) is 22.9. The van der Waals surface area contributed by atoms with Crippen molar-refractivity contribution < 1.29 is 19.1 Å². The third-order valence-corrected chi connectivity index (χ3v) is 7.33. The van der Waals surface area contributed by atoms with Crippen LogP contribution in [0.25, 0.3) is 0 Å². The summed E-state index contributed by atoms with van der Waals surface area (Å²) in [4.78, 5) is 41.3. The number of halogens is 1. The van der Waals surface area contributed by atoms with Gasteiger partial charge in [-0.15, -0.1) is 0 Å². The monoisotopic (exact) mass is 454 g/mol. The summed E-state index contributed by atoms with van der Waals surface area (Å²) in [5.74, 6) is -1.92. The van der Waals surface area contributed by atoms with Gasteiger partial charge < -0.3 is 15.0 Å².